The number of benzene rings is 1. The van der Waals surface area contributed by atoms with Crippen LogP contribution >= 0.6 is 11.6 Å². The molecule has 0 saturated carbocycles. The number of halogens is 1. The lowest BCUT2D eigenvalue weighted by molar-refractivity contribution is -0.302. The van der Waals surface area contributed by atoms with E-state index in [9.17, 15) is 30.3 Å². The first-order valence-electron chi connectivity index (χ1n) is 28.8. The second-order valence-corrected chi connectivity index (χ2v) is 20.9. The summed E-state index contributed by atoms with van der Waals surface area (Å²) in [4.78, 5) is 12.5. The number of aliphatic hydroxyl groups excluding tert-OH is 5. The van der Waals surface area contributed by atoms with Crippen molar-refractivity contribution in [2.75, 3.05) is 25.1 Å². The van der Waals surface area contributed by atoms with Crippen molar-refractivity contribution in [1.82, 2.24) is 5.32 Å². The Hall–Kier alpha value is -1.54. The van der Waals surface area contributed by atoms with Crippen LogP contribution in [-0.2, 0) is 14.2 Å². The SMILES string of the molecule is CCCCCCCCCCCCCCCCCCCCCCCCCCN[C@@H](CO[C@@H]1O[C@H](COC(=O)Nc2cccc(Cl)c2)[C@H](O)[C@H](O)[C@H]1O)[C@H](O)[C@H](O)CCCCCCCCCCCCCC. The number of carbonyl (C=O) groups is 1. The Morgan fingerprint density at radius 3 is 1.45 bits per heavy atom. The Morgan fingerprint density at radius 1 is 0.594 bits per heavy atom. The fourth-order valence-electron chi connectivity index (χ4n) is 9.55. The first-order chi connectivity index (χ1) is 33.7. The molecule has 69 heavy (non-hydrogen) atoms. The first kappa shape index (κ1) is 63.6. The molecule has 11 nitrogen and oxygen atoms in total. The molecule has 12 heteroatoms. The van der Waals surface area contributed by atoms with Crippen LogP contribution in [0.3, 0.4) is 0 Å². The van der Waals surface area contributed by atoms with Crippen LogP contribution in [-0.4, -0.2) is 100 Å². The zero-order valence-corrected chi connectivity index (χ0v) is 44.7. The summed E-state index contributed by atoms with van der Waals surface area (Å²) < 4.78 is 17.1. The van der Waals surface area contributed by atoms with Gasteiger partial charge in [0.25, 0.3) is 0 Å². The van der Waals surface area contributed by atoms with Crippen LogP contribution in [0.15, 0.2) is 24.3 Å². The standard InChI is InChI=1S/C57H105ClN2O9/c1-3-5-7-9-11-13-15-17-18-19-20-21-22-23-24-25-26-27-28-30-32-34-36-38-43-59-49(52(62)50(61)42-37-35-33-31-29-16-14-12-10-8-6-4-2)45-67-56-55(65)54(64)53(63)51(69-56)46-68-57(66)60-48-41-39-40-47(58)44-48/h39-41,44,49-56,59,61-65H,3-38,42-43,45-46H2,1-2H3,(H,60,66)/t49-,50+,51+,52-,53-,54-,55+,56+/m0/s1. The molecule has 1 aromatic carbocycles. The van der Waals surface area contributed by atoms with Crippen molar-refractivity contribution in [2.24, 2.45) is 0 Å². The average Bonchev–Trinajstić information content (AvgIpc) is 3.34. The largest absolute Gasteiger partial charge is 0.446 e. The summed E-state index contributed by atoms with van der Waals surface area (Å²) in [5.74, 6) is 0. The van der Waals surface area contributed by atoms with Crippen molar-refractivity contribution in [3.8, 4) is 0 Å². The van der Waals surface area contributed by atoms with Gasteiger partial charge in [-0.3, -0.25) is 5.32 Å². The molecule has 1 aromatic rings. The van der Waals surface area contributed by atoms with E-state index in [0.29, 0.717) is 23.7 Å². The van der Waals surface area contributed by atoms with E-state index in [1.807, 2.05) is 0 Å². The lowest BCUT2D eigenvalue weighted by Crippen LogP contribution is -2.60. The predicted octanol–water partition coefficient (Wildman–Crippen LogP) is 13.9. The van der Waals surface area contributed by atoms with Crippen LogP contribution in [0.4, 0.5) is 10.5 Å². The van der Waals surface area contributed by atoms with E-state index in [2.05, 4.69) is 24.5 Å². The zero-order chi connectivity index (χ0) is 50.0. The highest BCUT2D eigenvalue weighted by Crippen LogP contribution is 2.25. The summed E-state index contributed by atoms with van der Waals surface area (Å²) in [5.41, 5.74) is 0.415. The predicted molar refractivity (Wildman–Crippen MR) is 285 cm³/mol. The molecule has 2 rings (SSSR count). The number of nitrogens with one attached hydrogen (secondary N) is 2. The minimum Gasteiger partial charge on any atom is -0.446 e. The number of hydrogen-bond acceptors (Lipinski definition) is 10. The van der Waals surface area contributed by atoms with Crippen LogP contribution in [0.5, 0.6) is 0 Å². The van der Waals surface area contributed by atoms with Gasteiger partial charge in [0.05, 0.1) is 24.9 Å². The summed E-state index contributed by atoms with van der Waals surface area (Å²) in [6.45, 7) is 4.58. The molecular weight excluding hydrogens is 892 g/mol. The Kier molecular flexibility index (Phi) is 40.5. The number of hydrogen-bond donors (Lipinski definition) is 7. The van der Waals surface area contributed by atoms with Gasteiger partial charge in [0.2, 0.25) is 0 Å². The van der Waals surface area contributed by atoms with E-state index in [1.165, 1.54) is 193 Å². The van der Waals surface area contributed by atoms with Crippen molar-refractivity contribution in [2.45, 2.75) is 300 Å². The number of carbonyl (C=O) groups excluding carboxylic acids is 1. The maximum atomic E-state index is 12.5. The van der Waals surface area contributed by atoms with Crippen molar-refractivity contribution in [1.29, 1.82) is 0 Å². The third-order valence-corrected chi connectivity index (χ3v) is 14.4. The van der Waals surface area contributed by atoms with Gasteiger partial charge in [0, 0.05) is 10.7 Å². The topological polar surface area (TPSA) is 170 Å². The number of anilines is 1. The molecule has 1 aliphatic heterocycles. The van der Waals surface area contributed by atoms with E-state index in [1.54, 1.807) is 24.3 Å². The molecule has 8 atom stereocenters. The van der Waals surface area contributed by atoms with Gasteiger partial charge < -0.3 is 45.1 Å². The van der Waals surface area contributed by atoms with Gasteiger partial charge in [-0.05, 0) is 37.6 Å². The highest BCUT2D eigenvalue weighted by molar-refractivity contribution is 6.30. The normalized spacial score (nSPS) is 19.7. The zero-order valence-electron chi connectivity index (χ0n) is 44.0. The van der Waals surface area contributed by atoms with E-state index in [4.69, 9.17) is 25.8 Å². The molecule has 0 unspecified atom stereocenters. The minimum absolute atomic E-state index is 0.135. The highest BCUT2D eigenvalue weighted by atomic mass is 35.5. The smallest absolute Gasteiger partial charge is 0.411 e. The number of ether oxygens (including phenoxy) is 3. The van der Waals surface area contributed by atoms with E-state index >= 15 is 0 Å². The number of unbranched alkanes of at least 4 members (excludes halogenated alkanes) is 34. The van der Waals surface area contributed by atoms with E-state index in [-0.39, 0.29) is 6.61 Å². The summed E-state index contributed by atoms with van der Waals surface area (Å²) in [6, 6.07) is 5.85. The Labute approximate surface area is 426 Å². The fraction of sp³-hybridized carbons (Fsp3) is 0.877. The summed E-state index contributed by atoms with van der Waals surface area (Å²) in [6.07, 6.45) is 36.8. The molecular formula is C57H105ClN2O9. The van der Waals surface area contributed by atoms with Crippen LogP contribution in [0.2, 0.25) is 5.02 Å². The van der Waals surface area contributed by atoms with Gasteiger partial charge in [0.1, 0.15) is 31.0 Å². The van der Waals surface area contributed by atoms with Crippen LogP contribution in [0.25, 0.3) is 0 Å². The quantitative estimate of drug-likeness (QED) is 0.0312. The minimum atomic E-state index is -1.64. The molecule has 1 saturated heterocycles. The Bertz CT molecular complexity index is 1310. The molecule has 1 aliphatic rings. The molecule has 7 N–H and O–H groups in total. The molecule has 1 heterocycles. The van der Waals surface area contributed by atoms with Crippen LogP contribution < -0.4 is 10.6 Å². The van der Waals surface area contributed by atoms with Crippen molar-refractivity contribution in [3.63, 3.8) is 0 Å². The van der Waals surface area contributed by atoms with Gasteiger partial charge >= 0.3 is 6.09 Å². The number of rotatable bonds is 47. The molecule has 0 aliphatic carbocycles. The maximum absolute atomic E-state index is 12.5. The van der Waals surface area contributed by atoms with Crippen molar-refractivity contribution < 1.29 is 44.5 Å². The molecule has 0 aromatic heterocycles. The monoisotopic (exact) mass is 997 g/mol. The third kappa shape index (κ3) is 33.0. The van der Waals surface area contributed by atoms with Crippen molar-refractivity contribution >= 4 is 23.4 Å². The first-order valence-corrected chi connectivity index (χ1v) is 29.2. The molecule has 0 radical (unpaired) electrons. The molecule has 1 fully saturated rings. The highest BCUT2D eigenvalue weighted by Gasteiger charge is 2.45. The second kappa shape index (κ2) is 44.0. The van der Waals surface area contributed by atoms with E-state index in [0.717, 1.165) is 38.5 Å². The van der Waals surface area contributed by atoms with Crippen LogP contribution in [0, 0.1) is 0 Å². The Morgan fingerprint density at radius 2 is 1.01 bits per heavy atom. The van der Waals surface area contributed by atoms with Crippen molar-refractivity contribution in [3.05, 3.63) is 29.3 Å². The fourth-order valence-corrected chi connectivity index (χ4v) is 9.75. The third-order valence-electron chi connectivity index (χ3n) is 14.2. The Balaban J connectivity index is 1.68. The van der Waals surface area contributed by atoms with Gasteiger partial charge in [0.15, 0.2) is 6.29 Å². The molecule has 404 valence electrons. The molecule has 0 bridgehead atoms. The molecule has 1 amide bonds. The summed E-state index contributed by atoms with van der Waals surface area (Å²) in [7, 11) is 0. The number of amides is 1. The van der Waals surface area contributed by atoms with Gasteiger partial charge in [-0.2, -0.15) is 0 Å². The van der Waals surface area contributed by atoms with Crippen LogP contribution in [0.1, 0.15) is 251 Å². The van der Waals surface area contributed by atoms with Gasteiger partial charge in [-0.1, -0.05) is 256 Å². The summed E-state index contributed by atoms with van der Waals surface area (Å²) in [5, 5.41) is 61.1. The average molecular weight is 998 g/mol. The van der Waals surface area contributed by atoms with Gasteiger partial charge in [-0.25, -0.2) is 4.79 Å². The lowest BCUT2D eigenvalue weighted by atomic mass is 9.98. The van der Waals surface area contributed by atoms with Gasteiger partial charge in [-0.15, -0.1) is 0 Å². The maximum Gasteiger partial charge on any atom is 0.411 e. The number of aliphatic hydroxyl groups is 5. The summed E-state index contributed by atoms with van der Waals surface area (Å²) >= 11 is 6.01. The lowest BCUT2D eigenvalue weighted by Gasteiger charge is -2.40. The van der Waals surface area contributed by atoms with E-state index < -0.39 is 61.7 Å². The molecule has 0 spiro atoms. The second-order valence-electron chi connectivity index (χ2n) is 20.5.